The third-order valence-corrected chi connectivity index (χ3v) is 4.96. The van der Waals surface area contributed by atoms with Crippen LogP contribution in [0.1, 0.15) is 36.8 Å². The van der Waals surface area contributed by atoms with Crippen molar-refractivity contribution in [2.24, 2.45) is 0 Å². The first-order valence-corrected chi connectivity index (χ1v) is 8.91. The molecule has 0 heterocycles. The number of benzene rings is 1. The molecule has 0 spiro atoms. The second kappa shape index (κ2) is 7.93. The van der Waals surface area contributed by atoms with Crippen molar-refractivity contribution in [3.05, 3.63) is 35.4 Å². The van der Waals surface area contributed by atoms with Crippen LogP contribution >= 0.6 is 0 Å². The summed E-state index contributed by atoms with van der Waals surface area (Å²) in [6.07, 6.45) is -0.640. The fourth-order valence-electron chi connectivity index (χ4n) is 2.04. The van der Waals surface area contributed by atoms with Crippen LogP contribution < -0.4 is 0 Å². The van der Waals surface area contributed by atoms with Crippen LogP contribution in [0.25, 0.3) is 0 Å². The van der Waals surface area contributed by atoms with E-state index in [-0.39, 0.29) is 6.04 Å². The van der Waals surface area contributed by atoms with Gasteiger partial charge in [0.25, 0.3) is 0 Å². The smallest absolute Gasteiger partial charge is 0.390 e. The first-order valence-electron chi connectivity index (χ1n) is 6.91. The number of rotatable bonds is 8. The van der Waals surface area contributed by atoms with Gasteiger partial charge in [0.1, 0.15) is 0 Å². The summed E-state index contributed by atoms with van der Waals surface area (Å²) in [6, 6.07) is 5.63. The first-order chi connectivity index (χ1) is 9.74. The van der Waals surface area contributed by atoms with Gasteiger partial charge < -0.3 is 14.0 Å². The minimum absolute atomic E-state index is 0.257. The molecular formula is C14H21F3O3Si. The molecule has 120 valence electrons. The van der Waals surface area contributed by atoms with Crippen molar-refractivity contribution in [1.82, 2.24) is 0 Å². The zero-order chi connectivity index (χ0) is 15.9. The Labute approximate surface area is 123 Å². The molecule has 0 aliphatic carbocycles. The zero-order valence-electron chi connectivity index (χ0n) is 12.0. The number of hydrogen-bond donors (Lipinski definition) is 2. The van der Waals surface area contributed by atoms with Crippen LogP contribution in [0, 0.1) is 0 Å². The minimum Gasteiger partial charge on any atom is -0.390 e. The van der Waals surface area contributed by atoms with Crippen LogP contribution in [0.3, 0.4) is 0 Å². The van der Waals surface area contributed by atoms with E-state index in [4.69, 9.17) is 0 Å². The van der Waals surface area contributed by atoms with Gasteiger partial charge in [0, 0.05) is 13.2 Å². The Morgan fingerprint density at radius 2 is 1.76 bits per heavy atom. The van der Waals surface area contributed by atoms with E-state index >= 15 is 0 Å². The molecule has 3 nitrogen and oxygen atoms in total. The quantitative estimate of drug-likeness (QED) is 0.570. The van der Waals surface area contributed by atoms with E-state index in [1.807, 2.05) is 0 Å². The van der Waals surface area contributed by atoms with E-state index in [1.54, 1.807) is 6.07 Å². The number of alkyl halides is 3. The molecule has 1 aromatic rings. The molecular weight excluding hydrogens is 301 g/mol. The monoisotopic (exact) mass is 322 g/mol. The summed E-state index contributed by atoms with van der Waals surface area (Å²) in [7, 11) is -2.18. The lowest BCUT2D eigenvalue weighted by Crippen LogP contribution is -2.37. The van der Waals surface area contributed by atoms with E-state index in [9.17, 15) is 22.8 Å². The molecule has 21 heavy (non-hydrogen) atoms. The van der Waals surface area contributed by atoms with E-state index < -0.39 is 20.5 Å². The Morgan fingerprint density at radius 1 is 1.10 bits per heavy atom. The van der Waals surface area contributed by atoms with Gasteiger partial charge in [-0.05, 0) is 30.9 Å². The van der Waals surface area contributed by atoms with Crippen LogP contribution in [-0.4, -0.2) is 25.5 Å². The van der Waals surface area contributed by atoms with Crippen molar-refractivity contribution < 1.29 is 27.2 Å². The molecule has 0 aromatic heterocycles. The van der Waals surface area contributed by atoms with Gasteiger partial charge in [-0.2, -0.15) is 13.2 Å². The maximum atomic E-state index is 12.5. The Morgan fingerprint density at radius 3 is 2.38 bits per heavy atom. The highest BCUT2D eigenvalue weighted by molar-refractivity contribution is 6.57. The average Bonchev–Trinajstić information content (AvgIpc) is 2.42. The second-order valence-electron chi connectivity index (χ2n) is 5.06. The number of unbranched alkanes of at least 4 members (excludes halogenated alkanes) is 3. The van der Waals surface area contributed by atoms with Crippen LogP contribution in [-0.2, 0) is 17.0 Å². The molecule has 7 heteroatoms. The first kappa shape index (κ1) is 18.2. The summed E-state index contributed by atoms with van der Waals surface area (Å²) in [5.74, 6) is 0. The third-order valence-electron chi connectivity index (χ3n) is 3.30. The minimum atomic E-state index is -4.30. The van der Waals surface area contributed by atoms with E-state index in [1.165, 1.54) is 19.2 Å². The summed E-state index contributed by atoms with van der Waals surface area (Å²) in [4.78, 5) is 18.7. The molecule has 0 amide bonds. The van der Waals surface area contributed by atoms with Crippen molar-refractivity contribution in [3.8, 4) is 0 Å². The molecule has 0 saturated heterocycles. The largest absolute Gasteiger partial charge is 0.495 e. The second-order valence-corrected chi connectivity index (χ2v) is 7.45. The molecule has 2 N–H and O–H groups in total. The van der Waals surface area contributed by atoms with Crippen molar-refractivity contribution in [2.45, 2.75) is 44.3 Å². The Hall–Kier alpha value is -0.893. The molecule has 0 aliphatic heterocycles. The third kappa shape index (κ3) is 7.08. The van der Waals surface area contributed by atoms with E-state index in [0.717, 1.165) is 25.3 Å². The SMILES string of the molecule is CO[Si](O)(O)CCCCCCc1cccc(C(F)(F)F)c1. The van der Waals surface area contributed by atoms with E-state index in [2.05, 4.69) is 4.43 Å². The fourth-order valence-corrected chi connectivity index (χ4v) is 2.96. The molecule has 0 saturated carbocycles. The van der Waals surface area contributed by atoms with Gasteiger partial charge in [-0.15, -0.1) is 0 Å². The summed E-state index contributed by atoms with van der Waals surface area (Å²) in [5, 5.41) is 0. The molecule has 0 aliphatic rings. The number of halogens is 3. The summed E-state index contributed by atoms with van der Waals surface area (Å²) < 4.78 is 42.2. The molecule has 1 aromatic carbocycles. The van der Waals surface area contributed by atoms with Crippen LogP contribution in [0.4, 0.5) is 13.2 Å². The number of hydrogen-bond acceptors (Lipinski definition) is 3. The predicted molar refractivity (Wildman–Crippen MR) is 75.6 cm³/mol. The average molecular weight is 322 g/mol. The Balaban J connectivity index is 2.28. The lowest BCUT2D eigenvalue weighted by Gasteiger charge is -2.14. The zero-order valence-corrected chi connectivity index (χ0v) is 13.0. The maximum absolute atomic E-state index is 12.5. The summed E-state index contributed by atoms with van der Waals surface area (Å²) in [6.45, 7) is 0. The molecule has 0 unspecified atom stereocenters. The maximum Gasteiger partial charge on any atom is 0.495 e. The van der Waals surface area contributed by atoms with Gasteiger partial charge >= 0.3 is 15.0 Å². The van der Waals surface area contributed by atoms with Crippen molar-refractivity contribution in [2.75, 3.05) is 7.11 Å². The normalized spacial score (nSPS) is 12.7. The van der Waals surface area contributed by atoms with Crippen LogP contribution in [0.15, 0.2) is 24.3 Å². The van der Waals surface area contributed by atoms with Crippen LogP contribution in [0.5, 0.6) is 0 Å². The molecule has 0 bridgehead atoms. The van der Waals surface area contributed by atoms with Crippen molar-refractivity contribution in [3.63, 3.8) is 0 Å². The highest BCUT2D eigenvalue weighted by Gasteiger charge is 2.30. The van der Waals surface area contributed by atoms with Gasteiger partial charge in [0.2, 0.25) is 0 Å². The Kier molecular flexibility index (Phi) is 6.86. The van der Waals surface area contributed by atoms with Gasteiger partial charge in [-0.1, -0.05) is 31.0 Å². The number of aryl methyl sites for hydroxylation is 1. The lowest BCUT2D eigenvalue weighted by molar-refractivity contribution is -0.137. The van der Waals surface area contributed by atoms with Gasteiger partial charge in [0.05, 0.1) is 5.56 Å². The fraction of sp³-hybridized carbons (Fsp3) is 0.571. The van der Waals surface area contributed by atoms with E-state index in [0.29, 0.717) is 18.4 Å². The molecule has 1 rings (SSSR count). The Bertz CT molecular complexity index is 436. The lowest BCUT2D eigenvalue weighted by atomic mass is 10.0. The topological polar surface area (TPSA) is 49.7 Å². The standard InChI is InChI=1S/C14H21F3O3Si/c1-20-21(18,19)10-5-3-2-4-7-12-8-6-9-13(11-12)14(15,16)17/h6,8-9,11,18-19H,2-5,7,10H2,1H3. The van der Waals surface area contributed by atoms with Gasteiger partial charge in [0.15, 0.2) is 0 Å². The summed E-state index contributed by atoms with van der Waals surface area (Å²) >= 11 is 0. The highest BCUT2D eigenvalue weighted by atomic mass is 28.4. The van der Waals surface area contributed by atoms with Gasteiger partial charge in [-0.3, -0.25) is 0 Å². The van der Waals surface area contributed by atoms with Crippen molar-refractivity contribution in [1.29, 1.82) is 0 Å². The molecule has 0 radical (unpaired) electrons. The summed E-state index contributed by atoms with van der Waals surface area (Å²) in [5.41, 5.74) is 0.0613. The highest BCUT2D eigenvalue weighted by Crippen LogP contribution is 2.29. The molecule has 0 fully saturated rings. The van der Waals surface area contributed by atoms with Gasteiger partial charge in [-0.25, -0.2) is 0 Å². The predicted octanol–water partition coefficient (Wildman–Crippen LogP) is 3.38. The van der Waals surface area contributed by atoms with Crippen LogP contribution in [0.2, 0.25) is 6.04 Å². The van der Waals surface area contributed by atoms with Crippen molar-refractivity contribution >= 4 is 8.80 Å². The molecule has 0 atom stereocenters.